The minimum atomic E-state index is -0.512. The summed E-state index contributed by atoms with van der Waals surface area (Å²) in [4.78, 5) is 7.14. The molecule has 1 aromatic rings. The lowest BCUT2D eigenvalue weighted by atomic mass is 10.5. The summed E-state index contributed by atoms with van der Waals surface area (Å²) in [7, 11) is 0. The number of anilines is 1. The zero-order chi connectivity index (χ0) is 8.97. The summed E-state index contributed by atoms with van der Waals surface area (Å²) in [5.41, 5.74) is 3.27. The van der Waals surface area contributed by atoms with Gasteiger partial charge in [0.05, 0.1) is 6.20 Å². The monoisotopic (exact) mass is 168 g/mol. The van der Waals surface area contributed by atoms with E-state index in [1.165, 1.54) is 6.33 Å². The maximum atomic E-state index is 12.8. The summed E-state index contributed by atoms with van der Waals surface area (Å²) in [6.07, 6.45) is 2.34. The van der Waals surface area contributed by atoms with E-state index in [9.17, 15) is 4.39 Å². The molecular weight excluding hydrogens is 159 g/mol. The van der Waals surface area contributed by atoms with Gasteiger partial charge in [0, 0.05) is 5.71 Å². The Labute approximate surface area is 69.5 Å². The van der Waals surface area contributed by atoms with E-state index in [1.54, 1.807) is 13.8 Å². The molecule has 1 rings (SSSR count). The average molecular weight is 168 g/mol. The largest absolute Gasteiger partial charge is 0.259 e. The highest BCUT2D eigenvalue weighted by Gasteiger charge is 1.99. The fraction of sp³-hybridized carbons (Fsp3) is 0.286. The van der Waals surface area contributed by atoms with Crippen LogP contribution < -0.4 is 5.43 Å². The van der Waals surface area contributed by atoms with Crippen molar-refractivity contribution in [2.45, 2.75) is 13.8 Å². The maximum Gasteiger partial charge on any atom is 0.185 e. The minimum absolute atomic E-state index is 0.0891. The number of hydrogen-bond acceptors (Lipinski definition) is 4. The van der Waals surface area contributed by atoms with Crippen LogP contribution in [0.1, 0.15) is 13.8 Å². The van der Waals surface area contributed by atoms with E-state index < -0.39 is 5.82 Å². The van der Waals surface area contributed by atoms with E-state index >= 15 is 0 Å². The van der Waals surface area contributed by atoms with Gasteiger partial charge in [-0.2, -0.15) is 5.10 Å². The number of nitrogens with one attached hydrogen (secondary N) is 1. The number of nitrogens with zero attached hydrogens (tertiary/aromatic N) is 3. The Balaban J connectivity index is 2.76. The van der Waals surface area contributed by atoms with Crippen LogP contribution in [0.25, 0.3) is 0 Å². The first kappa shape index (κ1) is 8.58. The molecule has 0 atom stereocenters. The molecule has 0 aromatic carbocycles. The molecule has 1 N–H and O–H groups in total. The molecule has 0 spiro atoms. The van der Waals surface area contributed by atoms with Crippen LogP contribution in [0.15, 0.2) is 17.6 Å². The van der Waals surface area contributed by atoms with Crippen LogP contribution in [0.4, 0.5) is 10.2 Å². The molecule has 0 unspecified atom stereocenters. The second-order valence-corrected chi connectivity index (χ2v) is 2.39. The lowest BCUT2D eigenvalue weighted by Crippen LogP contribution is -1.98. The molecule has 4 nitrogen and oxygen atoms in total. The molecule has 1 heterocycles. The quantitative estimate of drug-likeness (QED) is 0.536. The number of hydrogen-bond donors (Lipinski definition) is 1. The lowest BCUT2D eigenvalue weighted by Gasteiger charge is -1.99. The zero-order valence-corrected chi connectivity index (χ0v) is 6.87. The molecule has 0 aliphatic carbocycles. The van der Waals surface area contributed by atoms with Gasteiger partial charge in [0.2, 0.25) is 0 Å². The van der Waals surface area contributed by atoms with Crippen LogP contribution in [0, 0.1) is 5.82 Å². The van der Waals surface area contributed by atoms with Gasteiger partial charge in [0.1, 0.15) is 6.33 Å². The highest BCUT2D eigenvalue weighted by molar-refractivity contribution is 5.79. The van der Waals surface area contributed by atoms with E-state index in [0.29, 0.717) is 0 Å². The highest BCUT2D eigenvalue weighted by atomic mass is 19.1. The van der Waals surface area contributed by atoms with Crippen molar-refractivity contribution in [3.8, 4) is 0 Å². The van der Waals surface area contributed by atoms with Gasteiger partial charge in [0.15, 0.2) is 11.6 Å². The number of hydrazone groups is 1. The number of aromatic nitrogens is 2. The van der Waals surface area contributed by atoms with Crippen molar-refractivity contribution in [3.63, 3.8) is 0 Å². The fourth-order valence-corrected chi connectivity index (χ4v) is 0.560. The van der Waals surface area contributed by atoms with E-state index in [4.69, 9.17) is 0 Å². The van der Waals surface area contributed by atoms with Gasteiger partial charge < -0.3 is 0 Å². The van der Waals surface area contributed by atoms with E-state index in [-0.39, 0.29) is 5.82 Å². The molecule has 0 radical (unpaired) electrons. The highest BCUT2D eigenvalue weighted by Crippen LogP contribution is 2.05. The Hall–Kier alpha value is -1.52. The van der Waals surface area contributed by atoms with Crippen molar-refractivity contribution in [3.05, 3.63) is 18.3 Å². The smallest absolute Gasteiger partial charge is 0.185 e. The van der Waals surface area contributed by atoms with Crippen LogP contribution in [-0.2, 0) is 0 Å². The zero-order valence-electron chi connectivity index (χ0n) is 6.87. The molecule has 12 heavy (non-hydrogen) atoms. The average Bonchev–Trinajstić information content (AvgIpc) is 2.03. The summed E-state index contributed by atoms with van der Waals surface area (Å²) in [5, 5.41) is 3.79. The molecule has 0 saturated heterocycles. The van der Waals surface area contributed by atoms with Crippen LogP contribution in [-0.4, -0.2) is 15.7 Å². The molecule has 1 aromatic heterocycles. The first-order valence-electron chi connectivity index (χ1n) is 3.42. The predicted molar refractivity (Wildman–Crippen MR) is 44.4 cm³/mol. The van der Waals surface area contributed by atoms with Crippen LogP contribution in [0.2, 0.25) is 0 Å². The van der Waals surface area contributed by atoms with Crippen LogP contribution in [0.3, 0.4) is 0 Å². The topological polar surface area (TPSA) is 50.2 Å². The van der Waals surface area contributed by atoms with E-state index in [1.807, 2.05) is 0 Å². The molecular formula is C7H9FN4. The summed E-state index contributed by atoms with van der Waals surface area (Å²) < 4.78 is 12.8. The summed E-state index contributed by atoms with van der Waals surface area (Å²) >= 11 is 0. The molecule has 64 valence electrons. The Morgan fingerprint density at radius 1 is 1.58 bits per heavy atom. The van der Waals surface area contributed by atoms with E-state index in [0.717, 1.165) is 11.9 Å². The normalized spacial score (nSPS) is 9.25. The lowest BCUT2D eigenvalue weighted by molar-refractivity contribution is 0.617. The van der Waals surface area contributed by atoms with Gasteiger partial charge in [-0.15, -0.1) is 0 Å². The van der Waals surface area contributed by atoms with Gasteiger partial charge in [-0.1, -0.05) is 0 Å². The number of rotatable bonds is 2. The van der Waals surface area contributed by atoms with Crippen LogP contribution >= 0.6 is 0 Å². The molecule has 0 aliphatic rings. The summed E-state index contributed by atoms with van der Waals surface area (Å²) in [6.45, 7) is 3.60. The molecule has 0 saturated carbocycles. The predicted octanol–water partition coefficient (Wildman–Crippen LogP) is 1.42. The van der Waals surface area contributed by atoms with Gasteiger partial charge in [-0.25, -0.2) is 14.4 Å². The SMILES string of the molecule is CC(C)=NNc1ncncc1F. The van der Waals surface area contributed by atoms with Crippen LogP contribution in [0.5, 0.6) is 0 Å². The van der Waals surface area contributed by atoms with Gasteiger partial charge >= 0.3 is 0 Å². The number of halogens is 1. The first-order valence-corrected chi connectivity index (χ1v) is 3.42. The third-order valence-corrected chi connectivity index (χ3v) is 1.05. The molecule has 0 amide bonds. The Morgan fingerprint density at radius 2 is 2.33 bits per heavy atom. The second kappa shape index (κ2) is 3.75. The first-order chi connectivity index (χ1) is 5.70. The van der Waals surface area contributed by atoms with Crippen molar-refractivity contribution in [2.75, 3.05) is 5.43 Å². The standard InChI is InChI=1S/C7H9FN4/c1-5(2)11-12-7-6(8)3-9-4-10-7/h3-4H,1-2H3,(H,9,10,12). The summed E-state index contributed by atoms with van der Waals surface area (Å²) in [5.74, 6) is -0.422. The van der Waals surface area contributed by atoms with Gasteiger partial charge in [-0.3, -0.25) is 5.43 Å². The van der Waals surface area contributed by atoms with Crippen molar-refractivity contribution in [2.24, 2.45) is 5.10 Å². The maximum absolute atomic E-state index is 12.8. The second-order valence-electron chi connectivity index (χ2n) is 2.39. The van der Waals surface area contributed by atoms with Gasteiger partial charge in [0.25, 0.3) is 0 Å². The Morgan fingerprint density at radius 3 is 2.92 bits per heavy atom. The molecule has 0 aliphatic heterocycles. The van der Waals surface area contributed by atoms with Crippen molar-refractivity contribution in [1.29, 1.82) is 0 Å². The molecule has 0 fully saturated rings. The summed E-state index contributed by atoms with van der Waals surface area (Å²) in [6, 6.07) is 0. The fourth-order valence-electron chi connectivity index (χ4n) is 0.560. The van der Waals surface area contributed by atoms with Crippen molar-refractivity contribution < 1.29 is 4.39 Å². The molecule has 0 bridgehead atoms. The van der Waals surface area contributed by atoms with E-state index in [2.05, 4.69) is 20.5 Å². The third-order valence-electron chi connectivity index (χ3n) is 1.05. The Bertz CT molecular complexity index is 293. The van der Waals surface area contributed by atoms with Crippen molar-refractivity contribution in [1.82, 2.24) is 9.97 Å². The minimum Gasteiger partial charge on any atom is -0.259 e. The van der Waals surface area contributed by atoms with Crippen molar-refractivity contribution >= 4 is 11.5 Å². The third kappa shape index (κ3) is 2.26. The molecule has 5 heteroatoms. The van der Waals surface area contributed by atoms with Gasteiger partial charge in [-0.05, 0) is 13.8 Å². The Kier molecular flexibility index (Phi) is 2.68.